The van der Waals surface area contributed by atoms with Crippen LogP contribution in [0.2, 0.25) is 0 Å². The van der Waals surface area contributed by atoms with E-state index in [1.165, 1.54) is 0 Å². The van der Waals surface area contributed by atoms with Crippen LogP contribution < -0.4 is 0 Å². The molecule has 88 valence electrons. The first-order valence-electron chi connectivity index (χ1n) is 5.33. The number of hydrogen-bond acceptors (Lipinski definition) is 5. The lowest BCUT2D eigenvalue weighted by Crippen LogP contribution is -2.45. The Labute approximate surface area is 93.6 Å². The second-order valence-electron chi connectivity index (χ2n) is 3.93. The smallest absolute Gasteiger partial charge is 0.230 e. The van der Waals surface area contributed by atoms with Crippen LogP contribution in [0.15, 0.2) is 4.52 Å². The zero-order valence-electron chi connectivity index (χ0n) is 9.47. The lowest BCUT2D eigenvalue weighted by atomic mass is 10.2. The number of carbonyl (C=O) groups is 1. The standard InChI is InChI=1S/C10H15N3O3/c1-7-6-13(3-4-15-7)10(14)5-9-11-8(2)16-12-9/h7H,3-6H2,1-2H3. The summed E-state index contributed by atoms with van der Waals surface area (Å²) in [6.45, 7) is 5.53. The molecule has 0 aliphatic carbocycles. The lowest BCUT2D eigenvalue weighted by molar-refractivity contribution is -0.137. The minimum atomic E-state index is 0.0240. The third-order valence-electron chi connectivity index (χ3n) is 2.47. The van der Waals surface area contributed by atoms with Crippen LogP contribution in [0.1, 0.15) is 18.6 Å². The second kappa shape index (κ2) is 4.61. The Morgan fingerprint density at radius 1 is 1.62 bits per heavy atom. The van der Waals surface area contributed by atoms with Gasteiger partial charge >= 0.3 is 0 Å². The van der Waals surface area contributed by atoms with Crippen molar-refractivity contribution < 1.29 is 14.1 Å². The molecule has 16 heavy (non-hydrogen) atoms. The van der Waals surface area contributed by atoms with Crippen LogP contribution in [-0.4, -0.2) is 46.7 Å². The number of hydrogen-bond donors (Lipinski definition) is 0. The first-order chi connectivity index (χ1) is 7.65. The monoisotopic (exact) mass is 225 g/mol. The van der Waals surface area contributed by atoms with Gasteiger partial charge in [-0.2, -0.15) is 4.98 Å². The number of ether oxygens (including phenoxy) is 1. The zero-order chi connectivity index (χ0) is 11.5. The van der Waals surface area contributed by atoms with Crippen LogP contribution in [0.25, 0.3) is 0 Å². The fourth-order valence-corrected chi connectivity index (χ4v) is 1.71. The van der Waals surface area contributed by atoms with Crippen molar-refractivity contribution in [2.75, 3.05) is 19.7 Å². The number of amides is 1. The molecule has 1 aromatic heterocycles. The van der Waals surface area contributed by atoms with E-state index in [2.05, 4.69) is 10.1 Å². The van der Waals surface area contributed by atoms with Crippen molar-refractivity contribution in [1.82, 2.24) is 15.0 Å². The van der Waals surface area contributed by atoms with Crippen LogP contribution in [0, 0.1) is 6.92 Å². The van der Waals surface area contributed by atoms with E-state index in [0.29, 0.717) is 31.4 Å². The molecule has 0 radical (unpaired) electrons. The topological polar surface area (TPSA) is 68.5 Å². The van der Waals surface area contributed by atoms with E-state index in [1.807, 2.05) is 6.92 Å². The average Bonchev–Trinajstić information content (AvgIpc) is 2.64. The maximum Gasteiger partial charge on any atom is 0.230 e. The molecule has 1 unspecified atom stereocenters. The molecule has 1 aromatic rings. The summed E-state index contributed by atoms with van der Waals surface area (Å²) in [6.07, 6.45) is 0.300. The summed E-state index contributed by atoms with van der Waals surface area (Å²) in [6, 6.07) is 0. The molecule has 1 aliphatic heterocycles. The molecule has 1 saturated heterocycles. The molecule has 1 fully saturated rings. The van der Waals surface area contributed by atoms with Crippen molar-refractivity contribution in [2.24, 2.45) is 0 Å². The zero-order valence-corrected chi connectivity index (χ0v) is 9.47. The molecule has 1 atom stereocenters. The van der Waals surface area contributed by atoms with E-state index < -0.39 is 0 Å². The minimum absolute atomic E-state index is 0.0240. The predicted octanol–water partition coefficient (Wildman–Crippen LogP) is 0.168. The second-order valence-corrected chi connectivity index (χ2v) is 3.93. The van der Waals surface area contributed by atoms with Crippen molar-refractivity contribution in [3.8, 4) is 0 Å². The molecule has 0 saturated carbocycles. The Balaban J connectivity index is 1.92. The Bertz CT molecular complexity index is 377. The molecule has 1 aliphatic rings. The van der Waals surface area contributed by atoms with E-state index in [4.69, 9.17) is 9.26 Å². The van der Waals surface area contributed by atoms with Gasteiger partial charge in [0.25, 0.3) is 0 Å². The van der Waals surface area contributed by atoms with Crippen molar-refractivity contribution >= 4 is 5.91 Å². The Kier molecular flexibility index (Phi) is 3.19. The summed E-state index contributed by atoms with van der Waals surface area (Å²) in [5.41, 5.74) is 0. The van der Waals surface area contributed by atoms with Crippen LogP contribution in [-0.2, 0) is 16.0 Å². The number of nitrogens with zero attached hydrogens (tertiary/aromatic N) is 3. The summed E-state index contributed by atoms with van der Waals surface area (Å²) in [4.78, 5) is 17.7. The summed E-state index contributed by atoms with van der Waals surface area (Å²) >= 11 is 0. The van der Waals surface area contributed by atoms with Gasteiger partial charge < -0.3 is 14.2 Å². The molecule has 0 bridgehead atoms. The average molecular weight is 225 g/mol. The fourth-order valence-electron chi connectivity index (χ4n) is 1.71. The van der Waals surface area contributed by atoms with Crippen molar-refractivity contribution in [1.29, 1.82) is 0 Å². The fraction of sp³-hybridized carbons (Fsp3) is 0.700. The van der Waals surface area contributed by atoms with E-state index >= 15 is 0 Å². The minimum Gasteiger partial charge on any atom is -0.375 e. The molecule has 0 spiro atoms. The molecule has 1 amide bonds. The van der Waals surface area contributed by atoms with Gasteiger partial charge in [-0.15, -0.1) is 0 Å². The summed E-state index contributed by atoms with van der Waals surface area (Å²) < 4.78 is 10.2. The molecular formula is C10H15N3O3. The maximum atomic E-state index is 11.9. The molecule has 6 nitrogen and oxygen atoms in total. The van der Waals surface area contributed by atoms with Gasteiger partial charge in [0.15, 0.2) is 5.82 Å². The van der Waals surface area contributed by atoms with Gasteiger partial charge in [0.1, 0.15) is 0 Å². The third-order valence-corrected chi connectivity index (χ3v) is 2.47. The number of rotatable bonds is 2. The van der Waals surface area contributed by atoms with Gasteiger partial charge in [0.2, 0.25) is 11.8 Å². The summed E-state index contributed by atoms with van der Waals surface area (Å²) in [5, 5.41) is 3.70. The molecular weight excluding hydrogens is 210 g/mol. The first kappa shape index (κ1) is 11.1. The van der Waals surface area contributed by atoms with Crippen LogP contribution >= 0.6 is 0 Å². The lowest BCUT2D eigenvalue weighted by Gasteiger charge is -2.30. The SMILES string of the molecule is Cc1nc(CC(=O)N2CCOC(C)C2)no1. The van der Waals surface area contributed by atoms with E-state index in [0.717, 1.165) is 0 Å². The van der Waals surface area contributed by atoms with Gasteiger partial charge in [0, 0.05) is 20.0 Å². The van der Waals surface area contributed by atoms with Crippen LogP contribution in [0.3, 0.4) is 0 Å². The number of aromatic nitrogens is 2. The largest absolute Gasteiger partial charge is 0.375 e. The van der Waals surface area contributed by atoms with Gasteiger partial charge in [-0.25, -0.2) is 0 Å². The Morgan fingerprint density at radius 2 is 2.44 bits per heavy atom. The van der Waals surface area contributed by atoms with Crippen molar-refractivity contribution in [2.45, 2.75) is 26.4 Å². The molecule has 0 aromatic carbocycles. The molecule has 6 heteroatoms. The van der Waals surface area contributed by atoms with E-state index in [1.54, 1.807) is 11.8 Å². The highest BCUT2D eigenvalue weighted by molar-refractivity contribution is 5.78. The van der Waals surface area contributed by atoms with Crippen molar-refractivity contribution in [3.05, 3.63) is 11.7 Å². The normalized spacial score (nSPS) is 21.1. The molecule has 2 rings (SSSR count). The predicted molar refractivity (Wildman–Crippen MR) is 54.7 cm³/mol. The molecule has 2 heterocycles. The van der Waals surface area contributed by atoms with Crippen molar-refractivity contribution in [3.63, 3.8) is 0 Å². The highest BCUT2D eigenvalue weighted by atomic mass is 16.5. The van der Waals surface area contributed by atoms with Gasteiger partial charge in [-0.3, -0.25) is 4.79 Å². The van der Waals surface area contributed by atoms with Gasteiger partial charge in [0.05, 0.1) is 19.1 Å². The quantitative estimate of drug-likeness (QED) is 0.717. The third kappa shape index (κ3) is 2.57. The van der Waals surface area contributed by atoms with E-state index in [9.17, 15) is 4.79 Å². The van der Waals surface area contributed by atoms with E-state index in [-0.39, 0.29) is 18.4 Å². The number of aryl methyl sites for hydroxylation is 1. The van der Waals surface area contributed by atoms with Gasteiger partial charge in [-0.1, -0.05) is 5.16 Å². The highest BCUT2D eigenvalue weighted by Gasteiger charge is 2.22. The first-order valence-corrected chi connectivity index (χ1v) is 5.33. The van der Waals surface area contributed by atoms with Crippen LogP contribution in [0.5, 0.6) is 0 Å². The van der Waals surface area contributed by atoms with Crippen LogP contribution in [0.4, 0.5) is 0 Å². The number of carbonyl (C=O) groups excluding carboxylic acids is 1. The Morgan fingerprint density at radius 3 is 3.06 bits per heavy atom. The summed E-state index contributed by atoms with van der Waals surface area (Å²) in [5.74, 6) is 0.954. The maximum absolute atomic E-state index is 11.9. The van der Waals surface area contributed by atoms with Gasteiger partial charge in [-0.05, 0) is 6.92 Å². The highest BCUT2D eigenvalue weighted by Crippen LogP contribution is 2.07. The molecule has 0 N–H and O–H groups in total. The Hall–Kier alpha value is -1.43. The number of morpholine rings is 1. The summed E-state index contributed by atoms with van der Waals surface area (Å²) in [7, 11) is 0.